The molecule has 0 saturated heterocycles. The minimum Gasteiger partial charge on any atom is -0.461 e. The number of carbonyl (C=O) groups is 1. The number of ether oxygens (including phenoxy) is 1. The molecule has 0 bridgehead atoms. The summed E-state index contributed by atoms with van der Waals surface area (Å²) in [6, 6.07) is 5.45. The molecule has 21 heavy (non-hydrogen) atoms. The van der Waals surface area contributed by atoms with Crippen molar-refractivity contribution in [2.45, 2.75) is 19.9 Å². The second kappa shape index (κ2) is 6.38. The smallest absolute Gasteiger partial charge is 0.361 e. The number of halogens is 3. The van der Waals surface area contributed by atoms with E-state index >= 15 is 0 Å². The summed E-state index contributed by atoms with van der Waals surface area (Å²) in [6.07, 6.45) is -2.95. The Morgan fingerprint density at radius 1 is 1.43 bits per heavy atom. The molecular formula is C13H12F3N3O2. The molecule has 2 rings (SSSR count). The normalized spacial score (nSPS) is 10.9. The number of rotatable bonds is 5. The van der Waals surface area contributed by atoms with Crippen molar-refractivity contribution in [3.8, 4) is 0 Å². The van der Waals surface area contributed by atoms with Crippen LogP contribution in [0.15, 0.2) is 24.3 Å². The lowest BCUT2D eigenvalue weighted by Gasteiger charge is -2.07. The van der Waals surface area contributed by atoms with Gasteiger partial charge in [0.05, 0.1) is 13.2 Å². The lowest BCUT2D eigenvalue weighted by molar-refractivity contribution is 0.0506. The zero-order valence-electron chi connectivity index (χ0n) is 11.1. The molecule has 0 spiro atoms. The Morgan fingerprint density at radius 2 is 2.19 bits per heavy atom. The summed E-state index contributed by atoms with van der Waals surface area (Å²) < 4.78 is 44.9. The molecule has 0 aliphatic carbocycles. The van der Waals surface area contributed by atoms with E-state index in [9.17, 15) is 18.0 Å². The number of alkyl halides is 2. The predicted octanol–water partition coefficient (Wildman–Crippen LogP) is 2.58. The molecule has 0 atom stereocenters. The largest absolute Gasteiger partial charge is 0.461 e. The van der Waals surface area contributed by atoms with Crippen LogP contribution in [0.5, 0.6) is 0 Å². The molecule has 1 aromatic heterocycles. The summed E-state index contributed by atoms with van der Waals surface area (Å²) in [5, 5.41) is 6.97. The first-order valence-corrected chi connectivity index (χ1v) is 6.16. The van der Waals surface area contributed by atoms with Gasteiger partial charge in [-0.05, 0) is 24.6 Å². The van der Waals surface area contributed by atoms with Gasteiger partial charge in [0, 0.05) is 0 Å². The van der Waals surface area contributed by atoms with Gasteiger partial charge in [0.25, 0.3) is 6.43 Å². The molecular weight excluding hydrogens is 287 g/mol. The Hall–Kier alpha value is -2.38. The minimum absolute atomic E-state index is 0.0399. The van der Waals surface area contributed by atoms with Gasteiger partial charge in [-0.1, -0.05) is 17.3 Å². The molecule has 0 unspecified atom stereocenters. The summed E-state index contributed by atoms with van der Waals surface area (Å²) in [5.74, 6) is -1.45. The third-order valence-electron chi connectivity index (χ3n) is 2.67. The summed E-state index contributed by atoms with van der Waals surface area (Å²) in [6.45, 7) is 1.47. The fourth-order valence-corrected chi connectivity index (χ4v) is 1.81. The van der Waals surface area contributed by atoms with Gasteiger partial charge in [-0.2, -0.15) is 0 Å². The Morgan fingerprint density at radius 3 is 2.81 bits per heavy atom. The van der Waals surface area contributed by atoms with Crippen LogP contribution in [0.4, 0.5) is 13.2 Å². The first kappa shape index (κ1) is 15.0. The topological polar surface area (TPSA) is 57.0 Å². The Balaban J connectivity index is 2.34. The number of aromatic nitrogens is 3. The SMILES string of the molecule is CCOC(=O)c1nnn(Cc2cccc(F)c2)c1C(F)F. The summed E-state index contributed by atoms with van der Waals surface area (Å²) in [5.41, 5.74) is -0.738. The lowest BCUT2D eigenvalue weighted by Crippen LogP contribution is -2.12. The van der Waals surface area contributed by atoms with Gasteiger partial charge in [-0.25, -0.2) is 22.6 Å². The second-order valence-electron chi connectivity index (χ2n) is 4.13. The van der Waals surface area contributed by atoms with E-state index in [1.165, 1.54) is 18.2 Å². The number of hydrogen-bond donors (Lipinski definition) is 0. The molecule has 0 aliphatic heterocycles. The van der Waals surface area contributed by atoms with E-state index in [2.05, 4.69) is 15.0 Å². The average molecular weight is 299 g/mol. The number of hydrogen-bond acceptors (Lipinski definition) is 4. The van der Waals surface area contributed by atoms with E-state index in [-0.39, 0.29) is 13.2 Å². The molecule has 0 aliphatic rings. The van der Waals surface area contributed by atoms with Crippen LogP contribution < -0.4 is 0 Å². The van der Waals surface area contributed by atoms with E-state index in [0.29, 0.717) is 5.56 Å². The van der Waals surface area contributed by atoms with Crippen LogP contribution in [0.3, 0.4) is 0 Å². The van der Waals surface area contributed by atoms with E-state index in [1.807, 2.05) is 0 Å². The molecule has 0 saturated carbocycles. The van der Waals surface area contributed by atoms with E-state index in [1.54, 1.807) is 13.0 Å². The third kappa shape index (κ3) is 3.39. The van der Waals surface area contributed by atoms with Crippen molar-refractivity contribution < 1.29 is 22.7 Å². The number of nitrogens with zero attached hydrogens (tertiary/aromatic N) is 3. The Bertz CT molecular complexity index is 643. The van der Waals surface area contributed by atoms with Crippen molar-refractivity contribution >= 4 is 5.97 Å². The van der Waals surface area contributed by atoms with Gasteiger partial charge in [-0.15, -0.1) is 5.10 Å². The minimum atomic E-state index is -2.95. The summed E-state index contributed by atoms with van der Waals surface area (Å²) >= 11 is 0. The van der Waals surface area contributed by atoms with Crippen molar-refractivity contribution in [2.24, 2.45) is 0 Å². The number of esters is 1. The molecule has 1 aromatic carbocycles. The highest BCUT2D eigenvalue weighted by Gasteiger charge is 2.27. The van der Waals surface area contributed by atoms with Gasteiger partial charge >= 0.3 is 5.97 Å². The Kier molecular flexibility index (Phi) is 4.56. The van der Waals surface area contributed by atoms with E-state index in [4.69, 9.17) is 0 Å². The third-order valence-corrected chi connectivity index (χ3v) is 2.67. The molecule has 5 nitrogen and oxygen atoms in total. The molecule has 0 amide bonds. The zero-order chi connectivity index (χ0) is 15.4. The lowest BCUT2D eigenvalue weighted by atomic mass is 10.2. The summed E-state index contributed by atoms with van der Waals surface area (Å²) in [4.78, 5) is 11.6. The van der Waals surface area contributed by atoms with Gasteiger partial charge in [-0.3, -0.25) is 0 Å². The van der Waals surface area contributed by atoms with Crippen LogP contribution in [0.25, 0.3) is 0 Å². The average Bonchev–Trinajstić information content (AvgIpc) is 2.83. The molecule has 0 radical (unpaired) electrons. The fourth-order valence-electron chi connectivity index (χ4n) is 1.81. The maximum Gasteiger partial charge on any atom is 0.361 e. The predicted molar refractivity (Wildman–Crippen MR) is 66.4 cm³/mol. The highest BCUT2D eigenvalue weighted by atomic mass is 19.3. The molecule has 8 heteroatoms. The van der Waals surface area contributed by atoms with Crippen molar-refractivity contribution in [3.05, 3.63) is 47.0 Å². The number of carbonyl (C=O) groups excluding carboxylic acids is 1. The fraction of sp³-hybridized carbons (Fsp3) is 0.308. The zero-order valence-corrected chi connectivity index (χ0v) is 11.1. The van der Waals surface area contributed by atoms with Crippen LogP contribution in [-0.2, 0) is 11.3 Å². The van der Waals surface area contributed by atoms with E-state index < -0.39 is 29.6 Å². The molecule has 2 aromatic rings. The summed E-state index contributed by atoms with van der Waals surface area (Å²) in [7, 11) is 0. The number of benzene rings is 1. The maximum atomic E-state index is 13.1. The van der Waals surface area contributed by atoms with Gasteiger partial charge in [0.1, 0.15) is 11.5 Å². The van der Waals surface area contributed by atoms with Crippen LogP contribution in [0, 0.1) is 5.82 Å². The van der Waals surface area contributed by atoms with Crippen LogP contribution in [-0.4, -0.2) is 27.6 Å². The standard InChI is InChI=1S/C13H12F3N3O2/c1-2-21-13(20)10-11(12(15)16)19(18-17-10)7-8-4-3-5-9(14)6-8/h3-6,12H,2,7H2,1H3. The highest BCUT2D eigenvalue weighted by molar-refractivity contribution is 5.88. The van der Waals surface area contributed by atoms with Crippen molar-refractivity contribution in [2.75, 3.05) is 6.61 Å². The first-order valence-electron chi connectivity index (χ1n) is 6.16. The van der Waals surface area contributed by atoms with Gasteiger partial charge < -0.3 is 4.74 Å². The maximum absolute atomic E-state index is 13.1. The van der Waals surface area contributed by atoms with Gasteiger partial charge in [0.15, 0.2) is 5.69 Å². The second-order valence-corrected chi connectivity index (χ2v) is 4.13. The van der Waals surface area contributed by atoms with Crippen LogP contribution in [0.1, 0.15) is 35.1 Å². The monoisotopic (exact) mass is 299 g/mol. The van der Waals surface area contributed by atoms with Crippen LogP contribution >= 0.6 is 0 Å². The highest BCUT2D eigenvalue weighted by Crippen LogP contribution is 2.23. The van der Waals surface area contributed by atoms with Crippen molar-refractivity contribution in [3.63, 3.8) is 0 Å². The van der Waals surface area contributed by atoms with Crippen molar-refractivity contribution in [1.29, 1.82) is 0 Å². The van der Waals surface area contributed by atoms with Crippen LogP contribution in [0.2, 0.25) is 0 Å². The molecule has 0 fully saturated rings. The molecule has 1 heterocycles. The van der Waals surface area contributed by atoms with E-state index in [0.717, 1.165) is 4.68 Å². The molecule has 112 valence electrons. The van der Waals surface area contributed by atoms with Gasteiger partial charge in [0.2, 0.25) is 0 Å². The Labute approximate surface area is 118 Å². The quantitative estimate of drug-likeness (QED) is 0.796. The molecule has 0 N–H and O–H groups in total. The van der Waals surface area contributed by atoms with Crippen molar-refractivity contribution in [1.82, 2.24) is 15.0 Å². The first-order chi connectivity index (χ1) is 10.0.